The first kappa shape index (κ1) is 15.6. The minimum Gasteiger partial charge on any atom is -0.478 e. The standard InChI is InChI=1S/C12H8Cl2N2O4S/c13-7-3-4-8(12(17)18)9(6-7)16-21(19,20)10-2-1-5-15-11(10)14/h1-6,16H,(H,17,18). The van der Waals surface area contributed by atoms with Gasteiger partial charge in [-0.2, -0.15) is 0 Å². The Bertz CT molecular complexity index is 809. The number of halogens is 2. The number of pyridine rings is 1. The highest BCUT2D eigenvalue weighted by molar-refractivity contribution is 7.92. The first-order valence-electron chi connectivity index (χ1n) is 5.47. The van der Waals surface area contributed by atoms with Crippen molar-refractivity contribution in [2.24, 2.45) is 0 Å². The number of nitrogens with one attached hydrogen (secondary N) is 1. The van der Waals surface area contributed by atoms with Crippen LogP contribution in [0.5, 0.6) is 0 Å². The zero-order valence-corrected chi connectivity index (χ0v) is 12.6. The normalized spacial score (nSPS) is 11.1. The van der Waals surface area contributed by atoms with Crippen molar-refractivity contribution in [3.63, 3.8) is 0 Å². The summed E-state index contributed by atoms with van der Waals surface area (Å²) in [6.45, 7) is 0. The van der Waals surface area contributed by atoms with Gasteiger partial charge in [0.15, 0.2) is 0 Å². The van der Waals surface area contributed by atoms with E-state index in [1.807, 2.05) is 0 Å². The molecule has 0 unspecified atom stereocenters. The number of carbonyl (C=O) groups is 1. The van der Waals surface area contributed by atoms with Crippen LogP contribution < -0.4 is 4.72 Å². The van der Waals surface area contributed by atoms with Crippen LogP contribution in [0, 0.1) is 0 Å². The third kappa shape index (κ3) is 3.44. The molecule has 1 aromatic heterocycles. The molecule has 0 atom stereocenters. The van der Waals surface area contributed by atoms with Gasteiger partial charge in [-0.15, -0.1) is 0 Å². The molecule has 0 aliphatic rings. The van der Waals surface area contributed by atoms with Gasteiger partial charge in [0, 0.05) is 11.2 Å². The zero-order valence-electron chi connectivity index (χ0n) is 10.2. The monoisotopic (exact) mass is 346 g/mol. The molecule has 2 aromatic rings. The van der Waals surface area contributed by atoms with Gasteiger partial charge in [0.25, 0.3) is 10.0 Å². The lowest BCUT2D eigenvalue weighted by molar-refractivity contribution is 0.0698. The number of hydrogen-bond donors (Lipinski definition) is 2. The number of anilines is 1. The van der Waals surface area contributed by atoms with Gasteiger partial charge in [0.1, 0.15) is 10.0 Å². The Balaban J connectivity index is 2.49. The summed E-state index contributed by atoms with van der Waals surface area (Å²) in [5.41, 5.74) is -0.391. The number of aromatic carboxylic acids is 1. The Morgan fingerprint density at radius 3 is 2.57 bits per heavy atom. The number of sulfonamides is 1. The number of hydrogen-bond acceptors (Lipinski definition) is 4. The molecule has 2 N–H and O–H groups in total. The Hall–Kier alpha value is -1.83. The van der Waals surface area contributed by atoms with Crippen molar-refractivity contribution in [1.82, 2.24) is 4.98 Å². The summed E-state index contributed by atoms with van der Waals surface area (Å²) in [5.74, 6) is -1.29. The molecule has 0 aliphatic heterocycles. The predicted molar refractivity (Wildman–Crippen MR) is 78.5 cm³/mol. The fourth-order valence-electron chi connectivity index (χ4n) is 1.56. The molecule has 6 nitrogen and oxygen atoms in total. The average Bonchev–Trinajstić information content (AvgIpc) is 2.38. The van der Waals surface area contributed by atoms with Gasteiger partial charge in [-0.3, -0.25) is 4.72 Å². The molecule has 0 fully saturated rings. The van der Waals surface area contributed by atoms with Crippen LogP contribution in [0.2, 0.25) is 10.2 Å². The lowest BCUT2D eigenvalue weighted by atomic mass is 10.2. The van der Waals surface area contributed by atoms with Crippen molar-refractivity contribution < 1.29 is 18.3 Å². The van der Waals surface area contributed by atoms with Crippen LogP contribution in [0.4, 0.5) is 5.69 Å². The first-order valence-corrected chi connectivity index (χ1v) is 7.71. The van der Waals surface area contributed by atoms with Crippen LogP contribution in [0.25, 0.3) is 0 Å². The number of rotatable bonds is 4. The van der Waals surface area contributed by atoms with Gasteiger partial charge in [-0.25, -0.2) is 18.2 Å². The molecule has 1 heterocycles. The topological polar surface area (TPSA) is 96.4 Å². The summed E-state index contributed by atoms with van der Waals surface area (Å²) in [6, 6.07) is 6.40. The molecule has 110 valence electrons. The van der Waals surface area contributed by atoms with Gasteiger partial charge in [-0.1, -0.05) is 23.2 Å². The summed E-state index contributed by atoms with van der Waals surface area (Å²) in [7, 11) is -4.08. The Morgan fingerprint density at radius 1 is 1.24 bits per heavy atom. The van der Waals surface area contributed by atoms with Crippen LogP contribution in [-0.2, 0) is 10.0 Å². The number of aromatic nitrogens is 1. The Labute approximate surface area is 130 Å². The minimum atomic E-state index is -4.08. The minimum absolute atomic E-state index is 0.157. The maximum atomic E-state index is 12.2. The molecule has 0 saturated heterocycles. The van der Waals surface area contributed by atoms with E-state index in [-0.39, 0.29) is 26.3 Å². The van der Waals surface area contributed by atoms with E-state index in [1.54, 1.807) is 0 Å². The van der Waals surface area contributed by atoms with Gasteiger partial charge < -0.3 is 5.11 Å². The molecule has 21 heavy (non-hydrogen) atoms. The molecule has 0 spiro atoms. The molecule has 0 aliphatic carbocycles. The van der Waals surface area contributed by atoms with E-state index in [4.69, 9.17) is 28.3 Å². The Morgan fingerprint density at radius 2 is 1.95 bits per heavy atom. The van der Waals surface area contributed by atoms with Crippen LogP contribution in [0.3, 0.4) is 0 Å². The fraction of sp³-hybridized carbons (Fsp3) is 0. The largest absolute Gasteiger partial charge is 0.478 e. The quantitative estimate of drug-likeness (QED) is 0.829. The maximum absolute atomic E-state index is 12.2. The van der Waals surface area contributed by atoms with E-state index < -0.39 is 16.0 Å². The van der Waals surface area contributed by atoms with Crippen molar-refractivity contribution in [3.8, 4) is 0 Å². The number of nitrogens with zero attached hydrogens (tertiary/aromatic N) is 1. The second kappa shape index (κ2) is 5.88. The third-order valence-electron chi connectivity index (χ3n) is 2.47. The van der Waals surface area contributed by atoms with Crippen LogP contribution in [0.15, 0.2) is 41.4 Å². The van der Waals surface area contributed by atoms with E-state index in [2.05, 4.69) is 9.71 Å². The number of carboxylic acid groups (broad SMARTS) is 1. The van der Waals surface area contributed by atoms with Gasteiger partial charge in [0.05, 0.1) is 11.3 Å². The molecule has 0 amide bonds. The second-order valence-electron chi connectivity index (χ2n) is 3.89. The lowest BCUT2D eigenvalue weighted by Gasteiger charge is -2.11. The van der Waals surface area contributed by atoms with Crippen LogP contribution >= 0.6 is 23.2 Å². The maximum Gasteiger partial charge on any atom is 0.337 e. The van der Waals surface area contributed by atoms with Crippen LogP contribution in [-0.4, -0.2) is 24.5 Å². The summed E-state index contributed by atoms with van der Waals surface area (Å²) in [6.07, 6.45) is 1.34. The molecular weight excluding hydrogens is 339 g/mol. The smallest absolute Gasteiger partial charge is 0.337 e. The average molecular weight is 347 g/mol. The third-order valence-corrected chi connectivity index (χ3v) is 4.52. The number of benzene rings is 1. The highest BCUT2D eigenvalue weighted by Gasteiger charge is 2.21. The molecule has 0 radical (unpaired) electrons. The van der Waals surface area contributed by atoms with Crippen LogP contribution in [0.1, 0.15) is 10.4 Å². The van der Waals surface area contributed by atoms with Crippen molar-refractivity contribution in [2.75, 3.05) is 4.72 Å². The predicted octanol–water partition coefficient (Wildman–Crippen LogP) is 2.89. The summed E-state index contributed by atoms with van der Waals surface area (Å²) < 4.78 is 26.6. The summed E-state index contributed by atoms with van der Waals surface area (Å²) in [5, 5.41) is 9.03. The molecular formula is C12H8Cl2N2O4S. The van der Waals surface area contributed by atoms with E-state index in [0.717, 1.165) is 0 Å². The van der Waals surface area contributed by atoms with Gasteiger partial charge in [0.2, 0.25) is 0 Å². The lowest BCUT2D eigenvalue weighted by Crippen LogP contribution is -2.16. The van der Waals surface area contributed by atoms with Gasteiger partial charge in [-0.05, 0) is 30.3 Å². The number of carboxylic acids is 1. The van der Waals surface area contributed by atoms with Gasteiger partial charge >= 0.3 is 5.97 Å². The van der Waals surface area contributed by atoms with Crippen molar-refractivity contribution in [1.29, 1.82) is 0 Å². The Kier molecular flexibility index (Phi) is 4.36. The zero-order chi connectivity index (χ0) is 15.6. The summed E-state index contributed by atoms with van der Waals surface area (Å²) >= 11 is 11.5. The molecule has 0 saturated carbocycles. The van der Waals surface area contributed by atoms with E-state index in [9.17, 15) is 13.2 Å². The molecule has 9 heteroatoms. The molecule has 2 rings (SSSR count). The first-order chi connectivity index (χ1) is 9.81. The van der Waals surface area contributed by atoms with E-state index in [1.165, 1.54) is 36.5 Å². The highest BCUT2D eigenvalue weighted by atomic mass is 35.5. The fourth-order valence-corrected chi connectivity index (χ4v) is 3.26. The molecule has 1 aromatic carbocycles. The summed E-state index contributed by atoms with van der Waals surface area (Å²) in [4.78, 5) is 14.5. The van der Waals surface area contributed by atoms with Crippen molar-refractivity contribution in [2.45, 2.75) is 4.90 Å². The van der Waals surface area contributed by atoms with Crippen molar-refractivity contribution in [3.05, 3.63) is 52.3 Å². The van der Waals surface area contributed by atoms with E-state index >= 15 is 0 Å². The SMILES string of the molecule is O=C(O)c1ccc(Cl)cc1NS(=O)(=O)c1cccnc1Cl. The van der Waals surface area contributed by atoms with Crippen molar-refractivity contribution >= 4 is 44.9 Å². The van der Waals surface area contributed by atoms with E-state index in [0.29, 0.717) is 0 Å². The second-order valence-corrected chi connectivity index (χ2v) is 6.34. The molecule has 0 bridgehead atoms. The highest BCUT2D eigenvalue weighted by Crippen LogP contribution is 2.26.